The summed E-state index contributed by atoms with van der Waals surface area (Å²) >= 11 is 6.14. The average Bonchev–Trinajstić information content (AvgIpc) is 3.19. The van der Waals surface area contributed by atoms with Gasteiger partial charge < -0.3 is 30.5 Å². The van der Waals surface area contributed by atoms with Gasteiger partial charge in [0.1, 0.15) is 0 Å². The number of nitrogens with one attached hydrogen (secondary N) is 1. The van der Waals surface area contributed by atoms with Crippen LogP contribution >= 0.6 is 11.6 Å². The Morgan fingerprint density at radius 2 is 2.00 bits per heavy atom. The number of likely N-dealkylation sites (tertiary alicyclic amines) is 1. The van der Waals surface area contributed by atoms with Gasteiger partial charge in [-0.15, -0.1) is 0 Å². The molecule has 2 atom stereocenters. The molecule has 0 radical (unpaired) electrons. The van der Waals surface area contributed by atoms with Crippen molar-refractivity contribution in [3.05, 3.63) is 58.1 Å². The van der Waals surface area contributed by atoms with E-state index in [-0.39, 0.29) is 19.2 Å². The molecule has 0 aromatic heterocycles. The summed E-state index contributed by atoms with van der Waals surface area (Å²) in [5.41, 5.74) is 7.32. The van der Waals surface area contributed by atoms with Gasteiger partial charge in [0.2, 0.25) is 6.79 Å². The molecule has 0 spiro atoms. The summed E-state index contributed by atoms with van der Waals surface area (Å²) in [6.45, 7) is 0.775. The number of urea groups is 1. The van der Waals surface area contributed by atoms with E-state index in [2.05, 4.69) is 5.32 Å². The topological polar surface area (TPSA) is 114 Å². The molecular weight excluding hydrogens is 410 g/mol. The van der Waals surface area contributed by atoms with Gasteiger partial charge in [0, 0.05) is 23.7 Å². The number of fused-ring (bicyclic) bond motifs is 1. The number of ether oxygens (including phenoxy) is 2. The third kappa shape index (κ3) is 4.15. The predicted octanol–water partition coefficient (Wildman–Crippen LogP) is 2.58. The number of aliphatic hydroxyl groups excluding tert-OH is 1. The summed E-state index contributed by atoms with van der Waals surface area (Å²) in [6, 6.07) is 9.28. The molecule has 1 fully saturated rings. The number of hydrogen-bond acceptors (Lipinski definition) is 5. The second-order valence-corrected chi connectivity index (χ2v) is 7.76. The van der Waals surface area contributed by atoms with Crippen LogP contribution in [0.2, 0.25) is 5.02 Å². The van der Waals surface area contributed by atoms with Crippen molar-refractivity contribution in [2.45, 2.75) is 31.5 Å². The quantitative estimate of drug-likeness (QED) is 0.688. The first-order valence-electron chi connectivity index (χ1n) is 9.62. The lowest BCUT2D eigenvalue weighted by Gasteiger charge is -2.37. The van der Waals surface area contributed by atoms with Crippen molar-refractivity contribution in [1.82, 2.24) is 10.2 Å². The van der Waals surface area contributed by atoms with Crippen LogP contribution < -0.4 is 20.5 Å². The number of piperidine rings is 1. The average molecular weight is 432 g/mol. The smallest absolute Gasteiger partial charge is 0.315 e. The van der Waals surface area contributed by atoms with Gasteiger partial charge in [-0.1, -0.05) is 23.7 Å². The molecule has 4 rings (SSSR count). The van der Waals surface area contributed by atoms with E-state index in [1.807, 2.05) is 12.1 Å². The maximum Gasteiger partial charge on any atom is 0.315 e. The maximum absolute atomic E-state index is 13.0. The fourth-order valence-electron chi connectivity index (χ4n) is 3.85. The van der Waals surface area contributed by atoms with Gasteiger partial charge in [0.25, 0.3) is 5.91 Å². The molecule has 2 aromatic rings. The molecule has 0 aliphatic carbocycles. The molecule has 8 nitrogen and oxygen atoms in total. The van der Waals surface area contributed by atoms with Gasteiger partial charge in [-0.3, -0.25) is 4.79 Å². The maximum atomic E-state index is 13.0. The van der Waals surface area contributed by atoms with Crippen LogP contribution in [-0.2, 0) is 6.54 Å². The third-order valence-corrected chi connectivity index (χ3v) is 5.60. The number of aliphatic hydroxyl groups is 1. The summed E-state index contributed by atoms with van der Waals surface area (Å²) in [5, 5.41) is 13.4. The monoisotopic (exact) mass is 431 g/mol. The van der Waals surface area contributed by atoms with Crippen molar-refractivity contribution in [3.63, 3.8) is 0 Å². The van der Waals surface area contributed by atoms with Gasteiger partial charge in [-0.25, -0.2) is 4.79 Å². The van der Waals surface area contributed by atoms with Crippen molar-refractivity contribution in [1.29, 1.82) is 0 Å². The zero-order valence-electron chi connectivity index (χ0n) is 16.1. The van der Waals surface area contributed by atoms with Crippen LogP contribution in [0.5, 0.6) is 11.5 Å². The Labute approximate surface area is 178 Å². The molecule has 3 amide bonds. The zero-order valence-corrected chi connectivity index (χ0v) is 16.9. The highest BCUT2D eigenvalue weighted by molar-refractivity contribution is 6.31. The first kappa shape index (κ1) is 20.3. The van der Waals surface area contributed by atoms with E-state index in [9.17, 15) is 14.7 Å². The van der Waals surface area contributed by atoms with Crippen LogP contribution in [0.4, 0.5) is 4.79 Å². The molecule has 4 N–H and O–H groups in total. The minimum absolute atomic E-state index is 0.181. The lowest BCUT2D eigenvalue weighted by molar-refractivity contribution is 0.0603. The summed E-state index contributed by atoms with van der Waals surface area (Å²) < 4.78 is 10.7. The number of rotatable bonds is 4. The molecule has 2 aromatic carbocycles. The molecule has 0 saturated carbocycles. The SMILES string of the molecule is NC(=O)N1CCC(O)CC1c1ccc(Cl)cc1C(=O)NCc1ccc2c(c1)OCO2. The number of benzene rings is 2. The molecule has 9 heteroatoms. The Kier molecular flexibility index (Phi) is 5.69. The van der Waals surface area contributed by atoms with Gasteiger partial charge in [-0.05, 0) is 48.2 Å². The Morgan fingerprint density at radius 1 is 1.20 bits per heavy atom. The van der Waals surface area contributed by atoms with E-state index in [0.717, 1.165) is 5.56 Å². The number of primary amides is 1. The van der Waals surface area contributed by atoms with E-state index in [1.165, 1.54) is 4.90 Å². The second-order valence-electron chi connectivity index (χ2n) is 7.33. The number of nitrogens with zero attached hydrogens (tertiary/aromatic N) is 1. The fourth-order valence-corrected chi connectivity index (χ4v) is 4.02. The first-order valence-corrected chi connectivity index (χ1v) is 10.0. The molecule has 2 aliphatic rings. The van der Waals surface area contributed by atoms with Crippen molar-refractivity contribution in [3.8, 4) is 11.5 Å². The number of halogens is 1. The van der Waals surface area contributed by atoms with Crippen LogP contribution in [-0.4, -0.2) is 41.4 Å². The number of amides is 3. The third-order valence-electron chi connectivity index (χ3n) is 5.37. The number of carbonyl (C=O) groups excluding carboxylic acids is 2. The molecule has 2 unspecified atom stereocenters. The number of carbonyl (C=O) groups is 2. The first-order chi connectivity index (χ1) is 14.4. The van der Waals surface area contributed by atoms with Gasteiger partial charge in [0.15, 0.2) is 11.5 Å². The Balaban J connectivity index is 1.56. The van der Waals surface area contributed by atoms with Crippen molar-refractivity contribution in [2.24, 2.45) is 5.73 Å². The fraction of sp³-hybridized carbons (Fsp3) is 0.333. The molecule has 1 saturated heterocycles. The summed E-state index contributed by atoms with van der Waals surface area (Å²) in [7, 11) is 0. The Morgan fingerprint density at radius 3 is 2.80 bits per heavy atom. The van der Waals surface area contributed by atoms with Gasteiger partial charge in [0.05, 0.1) is 12.1 Å². The predicted molar refractivity (Wildman–Crippen MR) is 109 cm³/mol. The molecule has 158 valence electrons. The van der Waals surface area contributed by atoms with Crippen LogP contribution in [0.1, 0.15) is 40.4 Å². The lowest BCUT2D eigenvalue weighted by atomic mass is 9.90. The molecular formula is C21H22ClN3O5. The van der Waals surface area contributed by atoms with E-state index in [1.54, 1.807) is 24.3 Å². The minimum Gasteiger partial charge on any atom is -0.454 e. The van der Waals surface area contributed by atoms with E-state index >= 15 is 0 Å². The molecule has 2 aliphatic heterocycles. The Hall–Kier alpha value is -2.97. The van der Waals surface area contributed by atoms with Crippen molar-refractivity contribution >= 4 is 23.5 Å². The second kappa shape index (κ2) is 8.41. The lowest BCUT2D eigenvalue weighted by Crippen LogP contribution is -2.45. The van der Waals surface area contributed by atoms with Gasteiger partial charge in [-0.2, -0.15) is 0 Å². The van der Waals surface area contributed by atoms with E-state index in [4.69, 9.17) is 26.8 Å². The summed E-state index contributed by atoms with van der Waals surface area (Å²) in [4.78, 5) is 26.4. The minimum atomic E-state index is -0.589. The number of nitrogens with two attached hydrogens (primary N) is 1. The largest absolute Gasteiger partial charge is 0.454 e. The van der Waals surface area contributed by atoms with Crippen LogP contribution in [0.25, 0.3) is 0 Å². The zero-order chi connectivity index (χ0) is 21.3. The summed E-state index contributed by atoms with van der Waals surface area (Å²) in [6.07, 6.45) is 0.164. The van der Waals surface area contributed by atoms with Crippen LogP contribution in [0.3, 0.4) is 0 Å². The Bertz CT molecular complexity index is 983. The van der Waals surface area contributed by atoms with E-state index < -0.39 is 18.2 Å². The summed E-state index contributed by atoms with van der Waals surface area (Å²) in [5.74, 6) is 0.970. The van der Waals surface area contributed by atoms with E-state index in [0.29, 0.717) is 47.0 Å². The normalized spacial score (nSPS) is 20.1. The highest BCUT2D eigenvalue weighted by Crippen LogP contribution is 2.35. The molecule has 0 bridgehead atoms. The highest BCUT2D eigenvalue weighted by atomic mass is 35.5. The van der Waals surface area contributed by atoms with Crippen molar-refractivity contribution < 1.29 is 24.2 Å². The molecule has 2 heterocycles. The standard InChI is InChI=1S/C21H22ClN3O5/c22-13-2-3-15(17-9-14(26)5-6-25(17)21(23)28)16(8-13)20(27)24-10-12-1-4-18-19(7-12)30-11-29-18/h1-4,7-8,14,17,26H,5-6,9-11H2,(H2,23,28)(H,24,27). The molecule has 30 heavy (non-hydrogen) atoms. The van der Waals surface area contributed by atoms with Crippen molar-refractivity contribution in [2.75, 3.05) is 13.3 Å². The number of hydrogen-bond donors (Lipinski definition) is 3. The van der Waals surface area contributed by atoms with Gasteiger partial charge >= 0.3 is 6.03 Å². The van der Waals surface area contributed by atoms with Crippen LogP contribution in [0.15, 0.2) is 36.4 Å². The van der Waals surface area contributed by atoms with Crippen LogP contribution in [0, 0.1) is 0 Å². The highest BCUT2D eigenvalue weighted by Gasteiger charge is 2.33.